The van der Waals surface area contributed by atoms with Gasteiger partial charge in [0, 0.05) is 25.2 Å². The minimum absolute atomic E-state index is 0.254. The minimum Gasteiger partial charge on any atom is -0.311 e. The molecule has 0 spiro atoms. The highest BCUT2D eigenvalue weighted by Gasteiger charge is 2.13. The van der Waals surface area contributed by atoms with Crippen molar-refractivity contribution in [3.05, 3.63) is 35.4 Å². The van der Waals surface area contributed by atoms with Crippen molar-refractivity contribution >= 4 is 0 Å². The van der Waals surface area contributed by atoms with Crippen LogP contribution < -0.4 is 5.32 Å². The first-order valence-electron chi connectivity index (χ1n) is 6.92. The van der Waals surface area contributed by atoms with Crippen LogP contribution in [0.3, 0.4) is 0 Å². The fourth-order valence-electron chi connectivity index (χ4n) is 1.91. The van der Waals surface area contributed by atoms with Crippen molar-refractivity contribution in [1.82, 2.24) is 10.2 Å². The fourth-order valence-corrected chi connectivity index (χ4v) is 1.91. The van der Waals surface area contributed by atoms with Gasteiger partial charge in [-0.05, 0) is 39.8 Å². The van der Waals surface area contributed by atoms with Gasteiger partial charge in [0.2, 0.25) is 0 Å². The summed E-state index contributed by atoms with van der Waals surface area (Å²) in [4.78, 5) is 2.37. The Hall–Kier alpha value is -0.860. The highest BCUT2D eigenvalue weighted by Crippen LogP contribution is 2.08. The molecule has 0 atom stereocenters. The van der Waals surface area contributed by atoms with Gasteiger partial charge in [-0.15, -0.1) is 0 Å². The first-order valence-corrected chi connectivity index (χ1v) is 6.92. The second-order valence-electron chi connectivity index (χ2n) is 5.89. The maximum absolute atomic E-state index is 3.60. The summed E-state index contributed by atoms with van der Waals surface area (Å²) in [7, 11) is 2.18. The Balaban J connectivity index is 2.32. The Morgan fingerprint density at radius 3 is 2.61 bits per heavy atom. The summed E-state index contributed by atoms with van der Waals surface area (Å²) in [5.41, 5.74) is 2.99. The lowest BCUT2D eigenvalue weighted by atomic mass is 10.0. The van der Waals surface area contributed by atoms with E-state index in [9.17, 15) is 0 Å². The molecular weight excluding hydrogens is 220 g/mol. The Bertz CT molecular complexity index is 358. The molecule has 0 saturated heterocycles. The van der Waals surface area contributed by atoms with Crippen LogP contribution in [0.25, 0.3) is 0 Å². The number of nitrogens with zero attached hydrogens (tertiary/aromatic N) is 1. The molecule has 1 aromatic rings. The van der Waals surface area contributed by atoms with Gasteiger partial charge < -0.3 is 10.2 Å². The zero-order valence-electron chi connectivity index (χ0n) is 12.6. The van der Waals surface area contributed by atoms with Crippen LogP contribution in [0.1, 0.15) is 38.3 Å². The summed E-state index contributed by atoms with van der Waals surface area (Å²) >= 11 is 0. The van der Waals surface area contributed by atoms with E-state index in [0.29, 0.717) is 0 Å². The smallest absolute Gasteiger partial charge is 0.0231 e. The monoisotopic (exact) mass is 248 g/mol. The zero-order valence-corrected chi connectivity index (χ0v) is 12.6. The maximum atomic E-state index is 3.60. The first-order chi connectivity index (χ1) is 8.43. The lowest BCUT2D eigenvalue weighted by Gasteiger charge is -2.26. The van der Waals surface area contributed by atoms with Gasteiger partial charge in [0.1, 0.15) is 0 Å². The molecule has 1 aromatic carbocycles. The maximum Gasteiger partial charge on any atom is 0.0231 e. The minimum atomic E-state index is 0.254. The molecule has 0 fully saturated rings. The van der Waals surface area contributed by atoms with Crippen molar-refractivity contribution < 1.29 is 0 Å². The molecule has 0 aliphatic carbocycles. The van der Waals surface area contributed by atoms with Gasteiger partial charge in [-0.2, -0.15) is 0 Å². The molecular formula is C16H28N2. The number of nitrogens with one attached hydrogen (secondary N) is 1. The van der Waals surface area contributed by atoms with Crippen molar-refractivity contribution in [2.24, 2.45) is 0 Å². The lowest BCUT2D eigenvalue weighted by molar-refractivity contribution is 0.293. The molecule has 0 bridgehead atoms. The van der Waals surface area contributed by atoms with Gasteiger partial charge in [-0.1, -0.05) is 36.8 Å². The molecule has 0 heterocycles. The molecule has 0 unspecified atom stereocenters. The van der Waals surface area contributed by atoms with Crippen molar-refractivity contribution in [2.45, 2.75) is 46.2 Å². The van der Waals surface area contributed by atoms with Crippen LogP contribution in [0.15, 0.2) is 24.3 Å². The van der Waals surface area contributed by atoms with Crippen molar-refractivity contribution in [1.29, 1.82) is 0 Å². The molecule has 2 nitrogen and oxygen atoms in total. The SMILES string of the molecule is CCC(C)(C)NCCN(C)Cc1cccc(C)c1. The average Bonchev–Trinajstić information content (AvgIpc) is 2.28. The first kappa shape index (κ1) is 15.2. The van der Waals surface area contributed by atoms with Crippen molar-refractivity contribution in [2.75, 3.05) is 20.1 Å². The molecule has 0 saturated carbocycles. The van der Waals surface area contributed by atoms with Gasteiger partial charge in [0.25, 0.3) is 0 Å². The van der Waals surface area contributed by atoms with Gasteiger partial charge in [0.15, 0.2) is 0 Å². The van der Waals surface area contributed by atoms with Crippen molar-refractivity contribution in [3.63, 3.8) is 0 Å². The van der Waals surface area contributed by atoms with Crippen LogP contribution in [-0.2, 0) is 6.54 Å². The average molecular weight is 248 g/mol. The second kappa shape index (κ2) is 6.91. The summed E-state index contributed by atoms with van der Waals surface area (Å²) in [6.45, 7) is 12.0. The molecule has 0 radical (unpaired) electrons. The van der Waals surface area contributed by atoms with E-state index in [0.717, 1.165) is 26.1 Å². The zero-order chi connectivity index (χ0) is 13.6. The fraction of sp³-hybridized carbons (Fsp3) is 0.625. The third kappa shape index (κ3) is 5.65. The van der Waals surface area contributed by atoms with E-state index in [1.807, 2.05) is 0 Å². The molecule has 18 heavy (non-hydrogen) atoms. The largest absolute Gasteiger partial charge is 0.311 e. The Labute approximate surface area is 112 Å². The van der Waals surface area contributed by atoms with Crippen LogP contribution in [0, 0.1) is 6.92 Å². The molecule has 1 rings (SSSR count). The quantitative estimate of drug-likeness (QED) is 0.797. The van der Waals surface area contributed by atoms with E-state index in [-0.39, 0.29) is 5.54 Å². The van der Waals surface area contributed by atoms with Gasteiger partial charge in [-0.25, -0.2) is 0 Å². The van der Waals surface area contributed by atoms with Crippen molar-refractivity contribution in [3.8, 4) is 0 Å². The summed E-state index contributed by atoms with van der Waals surface area (Å²) in [6.07, 6.45) is 1.16. The van der Waals surface area contributed by atoms with Crippen LogP contribution in [0.2, 0.25) is 0 Å². The molecule has 102 valence electrons. The number of aryl methyl sites for hydroxylation is 1. The highest BCUT2D eigenvalue weighted by atomic mass is 15.1. The molecule has 2 heteroatoms. The van der Waals surface area contributed by atoms with E-state index >= 15 is 0 Å². The predicted molar refractivity (Wildman–Crippen MR) is 79.9 cm³/mol. The van der Waals surface area contributed by atoms with Gasteiger partial charge in [0.05, 0.1) is 0 Å². The van der Waals surface area contributed by atoms with Crippen LogP contribution >= 0.6 is 0 Å². The lowest BCUT2D eigenvalue weighted by Crippen LogP contribution is -2.42. The number of hydrogen-bond acceptors (Lipinski definition) is 2. The predicted octanol–water partition coefficient (Wildman–Crippen LogP) is 3.21. The number of rotatable bonds is 7. The van der Waals surface area contributed by atoms with E-state index in [1.165, 1.54) is 11.1 Å². The van der Waals surface area contributed by atoms with E-state index in [1.54, 1.807) is 0 Å². The molecule has 1 N–H and O–H groups in total. The van der Waals surface area contributed by atoms with E-state index < -0.39 is 0 Å². The number of benzene rings is 1. The summed E-state index contributed by atoms with van der Waals surface area (Å²) in [5.74, 6) is 0. The Kier molecular flexibility index (Phi) is 5.83. The number of likely N-dealkylation sites (N-methyl/N-ethyl adjacent to an activating group) is 1. The van der Waals surface area contributed by atoms with E-state index in [4.69, 9.17) is 0 Å². The van der Waals surface area contributed by atoms with E-state index in [2.05, 4.69) is 69.2 Å². The summed E-state index contributed by atoms with van der Waals surface area (Å²) < 4.78 is 0. The normalized spacial score (nSPS) is 12.1. The van der Waals surface area contributed by atoms with Crippen LogP contribution in [-0.4, -0.2) is 30.6 Å². The van der Waals surface area contributed by atoms with Gasteiger partial charge >= 0.3 is 0 Å². The standard InChI is InChI=1S/C16H28N2/c1-6-16(3,4)17-10-11-18(5)13-15-9-7-8-14(2)12-15/h7-9,12,17H,6,10-11,13H2,1-5H3. The third-order valence-electron chi connectivity index (χ3n) is 3.52. The van der Waals surface area contributed by atoms with Gasteiger partial charge in [-0.3, -0.25) is 0 Å². The Morgan fingerprint density at radius 1 is 1.28 bits per heavy atom. The molecule has 0 aromatic heterocycles. The summed E-state index contributed by atoms with van der Waals surface area (Å²) in [5, 5.41) is 3.60. The van der Waals surface area contributed by atoms with Crippen LogP contribution in [0.5, 0.6) is 0 Å². The molecule has 0 aliphatic rings. The molecule has 0 amide bonds. The highest BCUT2D eigenvalue weighted by molar-refractivity contribution is 5.21. The topological polar surface area (TPSA) is 15.3 Å². The van der Waals surface area contributed by atoms with Crippen LogP contribution in [0.4, 0.5) is 0 Å². The number of hydrogen-bond donors (Lipinski definition) is 1. The summed E-state index contributed by atoms with van der Waals surface area (Å²) in [6, 6.07) is 8.75. The Morgan fingerprint density at radius 2 is 2.00 bits per heavy atom. The molecule has 0 aliphatic heterocycles. The third-order valence-corrected chi connectivity index (χ3v) is 3.52. The second-order valence-corrected chi connectivity index (χ2v) is 5.89.